The number of rotatable bonds is 5. The second-order valence-corrected chi connectivity index (χ2v) is 10.2. The molecule has 0 bridgehead atoms. The molecule has 0 unspecified atom stereocenters. The van der Waals surface area contributed by atoms with Crippen LogP contribution in [0.1, 0.15) is 36.8 Å². The van der Waals surface area contributed by atoms with E-state index in [0.29, 0.717) is 53.8 Å². The van der Waals surface area contributed by atoms with E-state index in [9.17, 15) is 13.2 Å². The number of hydrogen-bond donors (Lipinski definition) is 0. The SMILES string of the molecule is Cc1nn(CN2CCN(S(=O)(=O)c3ccc(C(C)C)cc3)CC2)c(=O)c2noc(C)c12. The van der Waals surface area contributed by atoms with Crippen molar-refractivity contribution >= 4 is 20.9 Å². The fraction of sp³-hybridized carbons (Fsp3) is 0.476. The molecule has 31 heavy (non-hydrogen) atoms. The van der Waals surface area contributed by atoms with Gasteiger partial charge in [-0.1, -0.05) is 31.1 Å². The molecule has 0 N–H and O–H groups in total. The molecule has 2 aromatic heterocycles. The van der Waals surface area contributed by atoms with Gasteiger partial charge in [-0.05, 0) is 37.5 Å². The van der Waals surface area contributed by atoms with Gasteiger partial charge in [0.1, 0.15) is 5.76 Å². The van der Waals surface area contributed by atoms with Crippen LogP contribution < -0.4 is 5.56 Å². The molecule has 3 aromatic rings. The standard InChI is InChI=1S/C21H27N5O4S/c1-14(2)17-5-7-18(8-6-17)31(28,29)25-11-9-24(10-12-25)13-26-21(27)20-19(15(3)22-26)16(4)30-23-20/h5-8,14H,9-13H2,1-4H3. The molecular formula is C21H27N5O4S. The fourth-order valence-corrected chi connectivity index (χ4v) is 5.34. The average Bonchev–Trinajstić information content (AvgIpc) is 3.14. The summed E-state index contributed by atoms with van der Waals surface area (Å²) in [7, 11) is -3.54. The number of sulfonamides is 1. The number of piperazine rings is 1. The topological polar surface area (TPSA) is 102 Å². The Kier molecular flexibility index (Phi) is 5.71. The summed E-state index contributed by atoms with van der Waals surface area (Å²) in [5.74, 6) is 0.922. The first-order valence-corrected chi connectivity index (χ1v) is 11.8. The van der Waals surface area contributed by atoms with E-state index in [1.54, 1.807) is 19.1 Å². The average molecular weight is 446 g/mol. The zero-order valence-electron chi connectivity index (χ0n) is 18.2. The lowest BCUT2D eigenvalue weighted by Gasteiger charge is -2.33. The maximum absolute atomic E-state index is 13.0. The number of nitrogens with zero attached hydrogens (tertiary/aromatic N) is 5. The van der Waals surface area contributed by atoms with Crippen molar-refractivity contribution in [1.29, 1.82) is 0 Å². The highest BCUT2D eigenvalue weighted by Gasteiger charge is 2.29. The van der Waals surface area contributed by atoms with Crippen LogP contribution in [0.2, 0.25) is 0 Å². The molecule has 1 aliphatic heterocycles. The Labute approximate surface area is 181 Å². The monoisotopic (exact) mass is 445 g/mol. The van der Waals surface area contributed by atoms with Gasteiger partial charge in [-0.3, -0.25) is 9.69 Å². The molecule has 0 amide bonds. The molecule has 1 aromatic carbocycles. The third-order valence-corrected chi connectivity index (χ3v) is 7.69. The van der Waals surface area contributed by atoms with Crippen molar-refractivity contribution in [2.24, 2.45) is 0 Å². The van der Waals surface area contributed by atoms with Crippen molar-refractivity contribution in [2.45, 2.75) is 45.2 Å². The smallest absolute Gasteiger partial charge is 0.298 e. The Morgan fingerprint density at radius 2 is 1.71 bits per heavy atom. The third-order valence-electron chi connectivity index (χ3n) is 5.78. The van der Waals surface area contributed by atoms with Crippen molar-refractivity contribution in [3.8, 4) is 0 Å². The van der Waals surface area contributed by atoms with Crippen molar-refractivity contribution in [3.63, 3.8) is 0 Å². The van der Waals surface area contributed by atoms with Gasteiger partial charge < -0.3 is 4.52 Å². The summed E-state index contributed by atoms with van der Waals surface area (Å²) in [5, 5.41) is 8.92. The Balaban J connectivity index is 1.46. The molecule has 0 atom stereocenters. The molecule has 3 heterocycles. The Morgan fingerprint density at radius 1 is 1.06 bits per heavy atom. The van der Waals surface area contributed by atoms with Gasteiger partial charge >= 0.3 is 0 Å². The van der Waals surface area contributed by atoms with Crippen LogP contribution in [0, 0.1) is 13.8 Å². The van der Waals surface area contributed by atoms with Gasteiger partial charge in [-0.15, -0.1) is 0 Å². The van der Waals surface area contributed by atoms with Crippen molar-refractivity contribution in [1.82, 2.24) is 24.1 Å². The minimum atomic E-state index is -3.54. The largest absolute Gasteiger partial charge is 0.360 e. The molecule has 9 nitrogen and oxygen atoms in total. The minimum absolute atomic E-state index is 0.274. The van der Waals surface area contributed by atoms with Gasteiger partial charge in [0, 0.05) is 26.2 Å². The van der Waals surface area contributed by atoms with E-state index in [4.69, 9.17) is 4.52 Å². The maximum atomic E-state index is 13.0. The number of aryl methyl sites for hydroxylation is 2. The van der Waals surface area contributed by atoms with Crippen LogP contribution in [-0.2, 0) is 16.7 Å². The van der Waals surface area contributed by atoms with Gasteiger partial charge in [0.25, 0.3) is 5.56 Å². The third kappa shape index (κ3) is 4.02. The first-order chi connectivity index (χ1) is 14.7. The summed E-state index contributed by atoms with van der Waals surface area (Å²) >= 11 is 0. The van der Waals surface area contributed by atoms with Crippen LogP contribution in [0.4, 0.5) is 0 Å². The van der Waals surface area contributed by atoms with Gasteiger partial charge in [0.05, 0.1) is 22.6 Å². The Bertz CT molecular complexity index is 1250. The number of aromatic nitrogens is 3. The van der Waals surface area contributed by atoms with Crippen molar-refractivity contribution in [2.75, 3.05) is 26.2 Å². The molecule has 1 fully saturated rings. The van der Waals surface area contributed by atoms with Gasteiger partial charge in [0.15, 0.2) is 5.52 Å². The summed E-state index contributed by atoms with van der Waals surface area (Å²) in [6.07, 6.45) is 0. The number of fused-ring (bicyclic) bond motifs is 1. The zero-order valence-corrected chi connectivity index (χ0v) is 19.0. The molecule has 0 aliphatic carbocycles. The molecule has 166 valence electrons. The van der Waals surface area contributed by atoms with Gasteiger partial charge in [-0.25, -0.2) is 13.1 Å². The van der Waals surface area contributed by atoms with Crippen LogP contribution in [0.25, 0.3) is 10.9 Å². The normalized spacial score (nSPS) is 16.4. The molecule has 0 saturated carbocycles. The van der Waals surface area contributed by atoms with Crippen LogP contribution in [0.15, 0.2) is 38.5 Å². The second kappa shape index (κ2) is 8.18. The molecular weight excluding hydrogens is 418 g/mol. The molecule has 1 aliphatic rings. The van der Waals surface area contributed by atoms with Gasteiger partial charge in [0.2, 0.25) is 10.0 Å². The van der Waals surface area contributed by atoms with E-state index < -0.39 is 10.0 Å². The highest BCUT2D eigenvalue weighted by molar-refractivity contribution is 7.89. The van der Waals surface area contributed by atoms with Crippen LogP contribution in [0.3, 0.4) is 0 Å². The summed E-state index contributed by atoms with van der Waals surface area (Å²) in [5.41, 5.74) is 1.75. The lowest BCUT2D eigenvalue weighted by Crippen LogP contribution is -2.49. The van der Waals surface area contributed by atoms with E-state index in [1.165, 1.54) is 8.99 Å². The zero-order chi connectivity index (χ0) is 22.3. The lowest BCUT2D eigenvalue weighted by molar-refractivity contribution is 0.143. The highest BCUT2D eigenvalue weighted by atomic mass is 32.2. The molecule has 0 spiro atoms. The summed E-state index contributed by atoms with van der Waals surface area (Å²) in [6, 6.07) is 7.10. The molecule has 10 heteroatoms. The summed E-state index contributed by atoms with van der Waals surface area (Å²) in [4.78, 5) is 15.0. The van der Waals surface area contributed by atoms with Crippen molar-refractivity contribution < 1.29 is 12.9 Å². The van der Waals surface area contributed by atoms with Crippen LogP contribution in [-0.4, -0.2) is 58.7 Å². The van der Waals surface area contributed by atoms with Crippen LogP contribution in [0.5, 0.6) is 0 Å². The quantitative estimate of drug-likeness (QED) is 0.593. The van der Waals surface area contributed by atoms with Gasteiger partial charge in [-0.2, -0.15) is 9.40 Å². The summed E-state index contributed by atoms with van der Waals surface area (Å²) in [6.45, 7) is 9.72. The van der Waals surface area contributed by atoms with Crippen LogP contribution >= 0.6 is 0 Å². The summed E-state index contributed by atoms with van der Waals surface area (Å²) < 4.78 is 34.0. The Hall–Kier alpha value is -2.56. The first-order valence-electron chi connectivity index (χ1n) is 10.3. The van der Waals surface area contributed by atoms with E-state index in [1.807, 2.05) is 24.0 Å². The van der Waals surface area contributed by atoms with E-state index in [0.717, 1.165) is 5.56 Å². The molecule has 4 rings (SSSR count). The van der Waals surface area contributed by atoms with E-state index >= 15 is 0 Å². The second-order valence-electron chi connectivity index (χ2n) is 8.24. The lowest BCUT2D eigenvalue weighted by atomic mass is 10.0. The number of benzene rings is 1. The number of hydrogen-bond acceptors (Lipinski definition) is 7. The predicted molar refractivity (Wildman–Crippen MR) is 116 cm³/mol. The fourth-order valence-electron chi connectivity index (χ4n) is 3.91. The predicted octanol–water partition coefficient (Wildman–Crippen LogP) is 2.09. The molecule has 0 radical (unpaired) electrons. The molecule has 1 saturated heterocycles. The van der Waals surface area contributed by atoms with E-state index in [-0.39, 0.29) is 17.7 Å². The van der Waals surface area contributed by atoms with Crippen molar-refractivity contribution in [3.05, 3.63) is 51.6 Å². The minimum Gasteiger partial charge on any atom is -0.360 e. The maximum Gasteiger partial charge on any atom is 0.298 e. The van der Waals surface area contributed by atoms with E-state index in [2.05, 4.69) is 24.1 Å². The first kappa shape index (κ1) is 21.7. The Morgan fingerprint density at radius 3 is 2.32 bits per heavy atom. The highest BCUT2D eigenvalue weighted by Crippen LogP contribution is 2.21.